The molecule has 6 nitrogen and oxygen atoms in total. The summed E-state index contributed by atoms with van der Waals surface area (Å²) in [6, 6.07) is 1.73. The molecule has 12 heteroatoms. The van der Waals surface area contributed by atoms with E-state index in [9.17, 15) is 31.1 Å². The fourth-order valence-electron chi connectivity index (χ4n) is 2.67. The second-order valence-corrected chi connectivity index (χ2v) is 6.04. The van der Waals surface area contributed by atoms with Crippen molar-refractivity contribution in [3.8, 4) is 0 Å². The number of nitrogens with zero attached hydrogens (tertiary/aromatic N) is 3. The highest BCUT2D eigenvalue weighted by molar-refractivity contribution is 6.02. The molecule has 150 valence electrons. The van der Waals surface area contributed by atoms with Crippen LogP contribution in [-0.4, -0.2) is 33.6 Å². The third-order valence-electron chi connectivity index (χ3n) is 4.04. The third-order valence-corrected chi connectivity index (χ3v) is 4.04. The van der Waals surface area contributed by atoms with E-state index >= 15 is 0 Å². The largest absolute Gasteiger partial charge is 0.385 e. The molecule has 28 heavy (non-hydrogen) atoms. The molecule has 0 bridgehead atoms. The number of halogens is 6. The molecule has 1 amide bonds. The summed E-state index contributed by atoms with van der Waals surface area (Å²) in [6.45, 7) is -2.95. The topological polar surface area (TPSA) is 85.3 Å². The standard InChI is InChI=1S/C16H13F6N5O/c17-9-2-1-7(24-14(28)11-3-4-27(26-11)15(19)20)5-8(9)12-16(21,22)6-10(18)13(23)25-12/h1-5,10,12,15H,6H2,(H2,23,25)(H,24,28). The van der Waals surface area contributed by atoms with Crippen molar-refractivity contribution in [3.63, 3.8) is 0 Å². The number of aliphatic imine (C=N–C) groups is 1. The highest BCUT2D eigenvalue weighted by Gasteiger charge is 2.48. The summed E-state index contributed by atoms with van der Waals surface area (Å²) < 4.78 is 81.1. The highest BCUT2D eigenvalue weighted by Crippen LogP contribution is 2.43. The molecule has 0 saturated carbocycles. The Balaban J connectivity index is 1.88. The summed E-state index contributed by atoms with van der Waals surface area (Å²) in [5.41, 5.74) is 4.20. The first-order valence-electron chi connectivity index (χ1n) is 7.87. The number of alkyl halides is 5. The van der Waals surface area contributed by atoms with Crippen LogP contribution in [0.2, 0.25) is 0 Å². The number of nitrogens with one attached hydrogen (secondary N) is 1. The van der Waals surface area contributed by atoms with E-state index in [-0.39, 0.29) is 16.1 Å². The molecule has 0 fully saturated rings. The van der Waals surface area contributed by atoms with Gasteiger partial charge in [-0.15, -0.1) is 0 Å². The lowest BCUT2D eigenvalue weighted by Crippen LogP contribution is -2.41. The number of aromatic nitrogens is 2. The maximum atomic E-state index is 14.2. The van der Waals surface area contributed by atoms with Crippen LogP contribution in [0.3, 0.4) is 0 Å². The van der Waals surface area contributed by atoms with Crippen LogP contribution in [0.5, 0.6) is 0 Å². The zero-order chi connectivity index (χ0) is 20.6. The number of benzene rings is 1. The molecule has 3 rings (SSSR count). The van der Waals surface area contributed by atoms with Crippen LogP contribution in [0.1, 0.15) is 35.1 Å². The fourth-order valence-corrected chi connectivity index (χ4v) is 2.67. The van der Waals surface area contributed by atoms with Gasteiger partial charge >= 0.3 is 6.55 Å². The molecule has 0 spiro atoms. The Hall–Kier alpha value is -3.05. The van der Waals surface area contributed by atoms with Crippen molar-refractivity contribution < 1.29 is 31.1 Å². The maximum absolute atomic E-state index is 14.2. The van der Waals surface area contributed by atoms with Crippen molar-refractivity contribution in [1.29, 1.82) is 0 Å². The molecule has 0 radical (unpaired) electrons. The molecule has 0 aliphatic carbocycles. The molecule has 2 unspecified atom stereocenters. The van der Waals surface area contributed by atoms with Crippen LogP contribution in [-0.2, 0) is 0 Å². The molecule has 2 atom stereocenters. The quantitative estimate of drug-likeness (QED) is 0.765. The average molecular weight is 405 g/mol. The number of nitrogens with two attached hydrogens (primary N) is 1. The molecule has 3 N–H and O–H groups in total. The number of anilines is 1. The van der Waals surface area contributed by atoms with Crippen LogP contribution < -0.4 is 11.1 Å². The summed E-state index contributed by atoms with van der Waals surface area (Å²) in [4.78, 5) is 15.4. The molecule has 1 aliphatic heterocycles. The van der Waals surface area contributed by atoms with Gasteiger partial charge in [-0.3, -0.25) is 9.79 Å². The second-order valence-electron chi connectivity index (χ2n) is 6.04. The van der Waals surface area contributed by atoms with Gasteiger partial charge in [-0.25, -0.2) is 22.2 Å². The van der Waals surface area contributed by atoms with Gasteiger partial charge < -0.3 is 11.1 Å². The summed E-state index contributed by atoms with van der Waals surface area (Å²) in [6.07, 6.45) is -2.53. The van der Waals surface area contributed by atoms with Gasteiger partial charge in [0.25, 0.3) is 11.8 Å². The molecule has 1 aromatic carbocycles. The Bertz CT molecular complexity index is 928. The van der Waals surface area contributed by atoms with Gasteiger partial charge in [0.15, 0.2) is 11.9 Å². The SMILES string of the molecule is NC1=NC(c2cc(NC(=O)c3ccn(C(F)F)n3)ccc2F)C(F)(F)CC1F. The zero-order valence-electron chi connectivity index (χ0n) is 13.9. The van der Waals surface area contributed by atoms with Gasteiger partial charge in [-0.05, 0) is 24.3 Å². The van der Waals surface area contributed by atoms with Crippen LogP contribution in [0, 0.1) is 5.82 Å². The van der Waals surface area contributed by atoms with Gasteiger partial charge in [0.1, 0.15) is 17.7 Å². The van der Waals surface area contributed by atoms with Crippen molar-refractivity contribution in [2.75, 3.05) is 5.32 Å². The summed E-state index contributed by atoms with van der Waals surface area (Å²) in [7, 11) is 0. The van der Waals surface area contributed by atoms with Crippen molar-refractivity contribution in [2.24, 2.45) is 10.7 Å². The molecule has 1 aliphatic rings. The van der Waals surface area contributed by atoms with E-state index in [4.69, 9.17) is 5.73 Å². The van der Waals surface area contributed by atoms with E-state index in [2.05, 4.69) is 15.4 Å². The Kier molecular flexibility index (Phi) is 5.04. The first-order valence-corrected chi connectivity index (χ1v) is 7.87. The van der Waals surface area contributed by atoms with Gasteiger partial charge in [0, 0.05) is 17.4 Å². The number of carbonyl (C=O) groups excluding carboxylic acids is 1. The first-order chi connectivity index (χ1) is 13.1. The normalized spacial score (nSPS) is 21.5. The van der Waals surface area contributed by atoms with E-state index in [1.54, 1.807) is 0 Å². The van der Waals surface area contributed by atoms with E-state index < -0.39 is 54.2 Å². The minimum Gasteiger partial charge on any atom is -0.385 e. The third kappa shape index (κ3) is 3.80. The highest BCUT2D eigenvalue weighted by atomic mass is 19.3. The van der Waals surface area contributed by atoms with Crippen molar-refractivity contribution in [3.05, 3.63) is 47.5 Å². The minimum atomic E-state index is -3.71. The number of amides is 1. The fraction of sp³-hybridized carbons (Fsp3) is 0.312. The lowest BCUT2D eigenvalue weighted by molar-refractivity contribution is -0.0511. The maximum Gasteiger partial charge on any atom is 0.333 e. The second kappa shape index (κ2) is 7.17. The lowest BCUT2D eigenvalue weighted by atomic mass is 9.93. The smallest absolute Gasteiger partial charge is 0.333 e. The first kappa shape index (κ1) is 19.7. The van der Waals surface area contributed by atoms with Crippen molar-refractivity contribution in [1.82, 2.24) is 9.78 Å². The minimum absolute atomic E-state index is 0.111. The molecular formula is C16H13F6N5O. The van der Waals surface area contributed by atoms with Crippen LogP contribution >= 0.6 is 0 Å². The van der Waals surface area contributed by atoms with E-state index in [1.165, 1.54) is 0 Å². The number of carbonyl (C=O) groups is 1. The molecule has 1 aromatic heterocycles. The Labute approximate surface area is 154 Å². The van der Waals surface area contributed by atoms with Crippen molar-refractivity contribution in [2.45, 2.75) is 31.1 Å². The molecular weight excluding hydrogens is 392 g/mol. The number of rotatable bonds is 4. The Morgan fingerprint density at radius 2 is 2.04 bits per heavy atom. The van der Waals surface area contributed by atoms with E-state index in [0.29, 0.717) is 0 Å². The predicted octanol–water partition coefficient (Wildman–Crippen LogP) is 3.45. The monoisotopic (exact) mass is 405 g/mol. The number of hydrogen-bond donors (Lipinski definition) is 2. The Morgan fingerprint density at radius 1 is 1.32 bits per heavy atom. The van der Waals surface area contributed by atoms with Gasteiger partial charge in [0.05, 0.1) is 6.42 Å². The van der Waals surface area contributed by atoms with Gasteiger partial charge in [0.2, 0.25) is 0 Å². The number of hydrogen-bond acceptors (Lipinski definition) is 4. The summed E-state index contributed by atoms with van der Waals surface area (Å²) >= 11 is 0. The van der Waals surface area contributed by atoms with Crippen LogP contribution in [0.15, 0.2) is 35.5 Å². The van der Waals surface area contributed by atoms with E-state index in [1.807, 2.05) is 0 Å². The zero-order valence-corrected chi connectivity index (χ0v) is 13.9. The van der Waals surface area contributed by atoms with Gasteiger partial charge in [-0.2, -0.15) is 13.9 Å². The Morgan fingerprint density at radius 3 is 2.68 bits per heavy atom. The van der Waals surface area contributed by atoms with Crippen LogP contribution in [0.4, 0.5) is 32.0 Å². The van der Waals surface area contributed by atoms with E-state index in [0.717, 1.165) is 30.5 Å². The lowest BCUT2D eigenvalue weighted by Gasteiger charge is -2.30. The molecule has 2 heterocycles. The predicted molar refractivity (Wildman–Crippen MR) is 86.7 cm³/mol. The average Bonchev–Trinajstić information content (AvgIpc) is 3.10. The molecule has 0 saturated heterocycles. The van der Waals surface area contributed by atoms with Crippen molar-refractivity contribution >= 4 is 17.4 Å². The van der Waals surface area contributed by atoms with Gasteiger partial charge in [-0.1, -0.05) is 0 Å². The summed E-state index contributed by atoms with van der Waals surface area (Å²) in [5, 5.41) is 5.60. The summed E-state index contributed by atoms with van der Waals surface area (Å²) in [5.74, 6) is -6.36. The molecule has 2 aromatic rings. The number of amidine groups is 1. The van der Waals surface area contributed by atoms with Crippen LogP contribution in [0.25, 0.3) is 0 Å².